The van der Waals surface area contributed by atoms with Gasteiger partial charge in [0.15, 0.2) is 5.11 Å². The van der Waals surface area contributed by atoms with Crippen molar-refractivity contribution in [2.24, 2.45) is 0 Å². The van der Waals surface area contributed by atoms with Gasteiger partial charge in [-0.1, -0.05) is 6.07 Å². The van der Waals surface area contributed by atoms with E-state index >= 15 is 0 Å². The second-order valence-corrected chi connectivity index (χ2v) is 11.4. The van der Waals surface area contributed by atoms with E-state index in [4.69, 9.17) is 21.4 Å². The first kappa shape index (κ1) is 25.8. The molecule has 4 heterocycles. The van der Waals surface area contributed by atoms with E-state index in [0.29, 0.717) is 28.8 Å². The molecule has 0 radical (unpaired) electrons. The van der Waals surface area contributed by atoms with E-state index < -0.39 is 10.0 Å². The molecule has 38 heavy (non-hydrogen) atoms. The number of methoxy groups -OCH3 is 1. The van der Waals surface area contributed by atoms with Gasteiger partial charge in [0.2, 0.25) is 10.0 Å². The minimum Gasteiger partial charge on any atom is -0.495 e. The lowest BCUT2D eigenvalue weighted by Crippen LogP contribution is -2.29. The van der Waals surface area contributed by atoms with Crippen LogP contribution in [0.3, 0.4) is 0 Å². The monoisotopic (exact) mass is 551 g/mol. The number of thiocarbonyl (C=S) groups is 1. The number of nitrogens with one attached hydrogen (secondary N) is 2. The average Bonchev–Trinajstić information content (AvgIpc) is 3.58. The Balaban J connectivity index is 1.64. The first-order chi connectivity index (χ1) is 18.2. The zero-order valence-corrected chi connectivity index (χ0v) is 23.1. The van der Waals surface area contributed by atoms with E-state index in [0.717, 1.165) is 34.7 Å². The molecule has 1 aliphatic rings. The molecule has 0 saturated carbocycles. The van der Waals surface area contributed by atoms with Crippen LogP contribution in [0.1, 0.15) is 40.5 Å². The summed E-state index contributed by atoms with van der Waals surface area (Å²) in [5, 5.41) is 3.97. The van der Waals surface area contributed by atoms with Crippen molar-refractivity contribution in [2.75, 3.05) is 23.0 Å². The number of ether oxygens (including phenoxy) is 1. The highest BCUT2D eigenvalue weighted by molar-refractivity contribution is 7.92. The lowest BCUT2D eigenvalue weighted by Gasteiger charge is -2.29. The van der Waals surface area contributed by atoms with Crippen LogP contribution < -0.4 is 19.7 Å². The topological polar surface area (TPSA) is 102 Å². The van der Waals surface area contributed by atoms with Crippen molar-refractivity contribution < 1.29 is 17.6 Å². The van der Waals surface area contributed by atoms with Crippen LogP contribution in [0.2, 0.25) is 0 Å². The predicted molar refractivity (Wildman–Crippen MR) is 151 cm³/mol. The Bertz CT molecular complexity index is 1570. The summed E-state index contributed by atoms with van der Waals surface area (Å²) in [7, 11) is -2.04. The average molecular weight is 552 g/mol. The summed E-state index contributed by atoms with van der Waals surface area (Å²) >= 11 is 5.86. The van der Waals surface area contributed by atoms with E-state index in [-0.39, 0.29) is 12.1 Å². The van der Waals surface area contributed by atoms with Crippen LogP contribution in [-0.2, 0) is 16.6 Å². The van der Waals surface area contributed by atoms with Gasteiger partial charge in [0.1, 0.15) is 11.5 Å². The number of benzene rings is 1. The molecule has 0 amide bonds. The summed E-state index contributed by atoms with van der Waals surface area (Å²) in [6.07, 6.45) is 4.55. The molecule has 1 aliphatic heterocycles. The molecule has 0 aliphatic carbocycles. The molecule has 1 saturated heterocycles. The summed E-state index contributed by atoms with van der Waals surface area (Å²) in [5.74, 6) is 1.27. The van der Waals surface area contributed by atoms with Crippen molar-refractivity contribution in [3.05, 3.63) is 95.5 Å². The molecule has 1 aromatic carbocycles. The lowest BCUT2D eigenvalue weighted by atomic mass is 9.96. The molecule has 2 N–H and O–H groups in total. The summed E-state index contributed by atoms with van der Waals surface area (Å²) < 4.78 is 39.9. The number of nitrogens with zero attached hydrogens (tertiary/aromatic N) is 3. The van der Waals surface area contributed by atoms with Crippen LogP contribution in [0.15, 0.2) is 71.5 Å². The van der Waals surface area contributed by atoms with Crippen molar-refractivity contribution in [3.63, 3.8) is 0 Å². The number of furan rings is 1. The van der Waals surface area contributed by atoms with E-state index in [1.807, 2.05) is 41.3 Å². The fraction of sp³-hybridized carbons (Fsp3) is 0.259. The number of aryl methyl sites for hydroxylation is 1. The molecule has 11 heteroatoms. The molecule has 4 aromatic rings. The number of rotatable bonds is 8. The van der Waals surface area contributed by atoms with Crippen LogP contribution in [0.5, 0.6) is 5.75 Å². The molecule has 198 valence electrons. The predicted octanol–water partition coefficient (Wildman–Crippen LogP) is 4.70. The summed E-state index contributed by atoms with van der Waals surface area (Å²) in [4.78, 5) is 6.64. The van der Waals surface area contributed by atoms with Gasteiger partial charge in [0, 0.05) is 23.3 Å². The molecule has 0 spiro atoms. The standard InChI is InChI=1S/C27H29N5O4S2/c1-17-14-21(18(2)31(17)16-20-8-7-13-36-20)26-25(22-9-5-6-12-28-22)29-27(37)32(26)19-10-11-24(35-3)23(15-19)30-38(4,33)34/h5-15,25-26,30H,16H2,1-4H3,(H,29,37)/t25-,26-/m1/s1. The van der Waals surface area contributed by atoms with Crippen molar-refractivity contribution in [2.45, 2.75) is 32.5 Å². The Hall–Kier alpha value is -3.83. The Kier molecular flexibility index (Phi) is 6.89. The van der Waals surface area contributed by atoms with Gasteiger partial charge in [-0.15, -0.1) is 0 Å². The summed E-state index contributed by atoms with van der Waals surface area (Å²) in [5.41, 5.74) is 5.13. The Morgan fingerprint density at radius 3 is 2.63 bits per heavy atom. The number of sulfonamides is 1. The minimum atomic E-state index is -3.54. The van der Waals surface area contributed by atoms with Crippen molar-refractivity contribution in [1.29, 1.82) is 0 Å². The summed E-state index contributed by atoms with van der Waals surface area (Å²) in [6.45, 7) is 4.77. The zero-order valence-electron chi connectivity index (χ0n) is 21.5. The molecule has 9 nitrogen and oxygen atoms in total. The minimum absolute atomic E-state index is 0.241. The molecule has 1 fully saturated rings. The van der Waals surface area contributed by atoms with E-state index in [1.165, 1.54) is 7.11 Å². The third-order valence-corrected chi connectivity index (χ3v) is 7.59. The highest BCUT2D eigenvalue weighted by atomic mass is 32.2. The van der Waals surface area contributed by atoms with Gasteiger partial charge in [-0.2, -0.15) is 0 Å². The first-order valence-electron chi connectivity index (χ1n) is 12.0. The van der Waals surface area contributed by atoms with Gasteiger partial charge < -0.3 is 23.9 Å². The molecule has 3 aromatic heterocycles. The quantitative estimate of drug-likeness (QED) is 0.304. The number of hydrogen-bond acceptors (Lipinski definition) is 6. The fourth-order valence-corrected chi connectivity index (χ4v) is 5.91. The van der Waals surface area contributed by atoms with E-state index in [2.05, 4.69) is 39.5 Å². The molecular weight excluding hydrogens is 522 g/mol. The van der Waals surface area contributed by atoms with Gasteiger partial charge in [-0.05, 0) is 80.2 Å². The van der Waals surface area contributed by atoms with Crippen molar-refractivity contribution in [1.82, 2.24) is 14.9 Å². The van der Waals surface area contributed by atoms with E-state index in [1.54, 1.807) is 24.6 Å². The van der Waals surface area contributed by atoms with Crippen LogP contribution in [-0.4, -0.2) is 36.4 Å². The number of pyridine rings is 1. The Labute approximate surface area is 227 Å². The van der Waals surface area contributed by atoms with Gasteiger partial charge in [0.05, 0.1) is 49.6 Å². The molecule has 0 bridgehead atoms. The second-order valence-electron chi connectivity index (χ2n) is 9.25. The first-order valence-corrected chi connectivity index (χ1v) is 14.3. The van der Waals surface area contributed by atoms with Crippen molar-refractivity contribution in [3.8, 4) is 5.75 Å². The van der Waals surface area contributed by atoms with E-state index in [9.17, 15) is 8.42 Å². The maximum atomic E-state index is 12.1. The van der Waals surface area contributed by atoms with Crippen LogP contribution in [0.25, 0.3) is 0 Å². The maximum Gasteiger partial charge on any atom is 0.229 e. The van der Waals surface area contributed by atoms with Gasteiger partial charge in [-0.25, -0.2) is 8.42 Å². The van der Waals surface area contributed by atoms with Crippen LogP contribution in [0.4, 0.5) is 11.4 Å². The van der Waals surface area contributed by atoms with Crippen molar-refractivity contribution >= 4 is 38.7 Å². The summed E-state index contributed by atoms with van der Waals surface area (Å²) in [6, 6.07) is 16.7. The van der Waals surface area contributed by atoms with Gasteiger partial charge >= 0.3 is 0 Å². The zero-order chi connectivity index (χ0) is 27.0. The number of aromatic nitrogens is 2. The molecule has 0 unspecified atom stereocenters. The highest BCUT2D eigenvalue weighted by Crippen LogP contribution is 2.44. The second kappa shape index (κ2) is 10.1. The Morgan fingerprint density at radius 2 is 1.97 bits per heavy atom. The SMILES string of the molecule is COc1ccc(N2C(=S)N[C@H](c3ccccn3)[C@H]2c2cc(C)n(Cc3ccco3)c2C)cc1NS(C)(=O)=O. The fourth-order valence-electron chi connectivity index (χ4n) is 5.00. The molecule has 2 atom stereocenters. The number of anilines is 2. The third kappa shape index (κ3) is 4.99. The lowest BCUT2D eigenvalue weighted by molar-refractivity contribution is 0.417. The maximum absolute atomic E-state index is 12.1. The Morgan fingerprint density at radius 1 is 1.16 bits per heavy atom. The number of hydrogen-bond donors (Lipinski definition) is 2. The van der Waals surface area contributed by atoms with Gasteiger partial charge in [0.25, 0.3) is 0 Å². The molecule has 5 rings (SSSR count). The van der Waals surface area contributed by atoms with Crippen LogP contribution >= 0.6 is 12.2 Å². The molecular formula is C27H29N5O4S2. The largest absolute Gasteiger partial charge is 0.495 e. The van der Waals surface area contributed by atoms with Crippen LogP contribution in [0, 0.1) is 13.8 Å². The third-order valence-electron chi connectivity index (χ3n) is 6.68. The highest BCUT2D eigenvalue weighted by Gasteiger charge is 2.42. The smallest absolute Gasteiger partial charge is 0.229 e. The normalized spacial score (nSPS) is 17.5. The van der Waals surface area contributed by atoms with Gasteiger partial charge in [-0.3, -0.25) is 9.71 Å².